The Labute approximate surface area is 114 Å². The van der Waals surface area contributed by atoms with Crippen molar-refractivity contribution in [3.63, 3.8) is 0 Å². The fraction of sp³-hybridized carbons (Fsp3) is 0.0769. The van der Waals surface area contributed by atoms with E-state index in [1.54, 1.807) is 24.3 Å². The number of benzene rings is 1. The molecule has 2 rings (SSSR count). The van der Waals surface area contributed by atoms with Crippen LogP contribution in [0, 0.1) is 10.1 Å². The topological polar surface area (TPSA) is 94.4 Å². The largest absolute Gasteiger partial charge is 0.434 e. The van der Waals surface area contributed by atoms with E-state index in [0.717, 1.165) is 0 Å². The van der Waals surface area contributed by atoms with Gasteiger partial charge in [0.1, 0.15) is 5.75 Å². The first-order valence-electron chi connectivity index (χ1n) is 5.71. The van der Waals surface area contributed by atoms with Gasteiger partial charge in [-0.25, -0.2) is 4.98 Å². The Morgan fingerprint density at radius 2 is 2.00 bits per heavy atom. The van der Waals surface area contributed by atoms with E-state index in [2.05, 4.69) is 10.3 Å². The second-order valence-corrected chi connectivity index (χ2v) is 3.89. The summed E-state index contributed by atoms with van der Waals surface area (Å²) in [5.41, 5.74) is 0.402. The summed E-state index contributed by atoms with van der Waals surface area (Å²) in [5.74, 6) is 0.129. The number of carbonyl (C=O) groups is 1. The van der Waals surface area contributed by atoms with E-state index in [-0.39, 0.29) is 17.5 Å². The van der Waals surface area contributed by atoms with Crippen LogP contribution in [0.5, 0.6) is 11.6 Å². The summed E-state index contributed by atoms with van der Waals surface area (Å²) in [7, 11) is 0. The summed E-state index contributed by atoms with van der Waals surface area (Å²) in [6, 6.07) is 9.21. The van der Waals surface area contributed by atoms with Crippen molar-refractivity contribution in [2.75, 3.05) is 5.32 Å². The van der Waals surface area contributed by atoms with E-state index in [4.69, 9.17) is 4.74 Å². The van der Waals surface area contributed by atoms with Crippen molar-refractivity contribution in [2.45, 2.75) is 6.92 Å². The Kier molecular flexibility index (Phi) is 3.90. The fourth-order valence-corrected chi connectivity index (χ4v) is 1.52. The van der Waals surface area contributed by atoms with Crippen LogP contribution < -0.4 is 10.1 Å². The molecule has 0 radical (unpaired) electrons. The van der Waals surface area contributed by atoms with Gasteiger partial charge in [-0.2, -0.15) is 0 Å². The van der Waals surface area contributed by atoms with Crippen LogP contribution in [0.25, 0.3) is 0 Å². The lowest BCUT2D eigenvalue weighted by molar-refractivity contribution is -0.386. The van der Waals surface area contributed by atoms with Gasteiger partial charge >= 0.3 is 5.69 Å². The zero-order chi connectivity index (χ0) is 14.5. The van der Waals surface area contributed by atoms with Crippen LogP contribution in [0.2, 0.25) is 0 Å². The van der Waals surface area contributed by atoms with Gasteiger partial charge < -0.3 is 10.1 Å². The minimum Gasteiger partial charge on any atom is -0.434 e. The number of nitro groups is 1. The maximum absolute atomic E-state index is 10.9. The van der Waals surface area contributed by atoms with Gasteiger partial charge in [0.05, 0.1) is 4.92 Å². The fourth-order valence-electron chi connectivity index (χ4n) is 1.52. The van der Waals surface area contributed by atoms with Gasteiger partial charge in [0, 0.05) is 24.9 Å². The van der Waals surface area contributed by atoms with Crippen LogP contribution in [0.3, 0.4) is 0 Å². The summed E-state index contributed by atoms with van der Waals surface area (Å²) in [6.45, 7) is 1.40. The van der Waals surface area contributed by atoms with Crippen molar-refractivity contribution in [2.24, 2.45) is 0 Å². The number of pyridine rings is 1. The van der Waals surface area contributed by atoms with Gasteiger partial charge in [-0.15, -0.1) is 0 Å². The van der Waals surface area contributed by atoms with Crippen molar-refractivity contribution in [1.82, 2.24) is 4.98 Å². The summed E-state index contributed by atoms with van der Waals surface area (Å²) in [4.78, 5) is 25.0. The van der Waals surface area contributed by atoms with Gasteiger partial charge in [0.2, 0.25) is 5.91 Å². The highest BCUT2D eigenvalue weighted by atomic mass is 16.6. The van der Waals surface area contributed by atoms with Gasteiger partial charge in [-0.05, 0) is 30.3 Å². The van der Waals surface area contributed by atoms with Crippen molar-refractivity contribution in [3.05, 3.63) is 52.7 Å². The summed E-state index contributed by atoms with van der Waals surface area (Å²) in [6.07, 6.45) is 1.41. The Balaban J connectivity index is 2.18. The van der Waals surface area contributed by atoms with Crippen molar-refractivity contribution in [3.8, 4) is 11.6 Å². The number of hydrogen-bond donors (Lipinski definition) is 1. The smallest absolute Gasteiger partial charge is 0.331 e. The standard InChI is InChI=1S/C13H11N3O4/c1-9(17)15-10-4-6-11(7-5-10)20-13-12(16(18)19)3-2-8-14-13/h2-8H,1H3,(H,15,17). The first-order chi connectivity index (χ1) is 9.56. The number of nitrogens with zero attached hydrogens (tertiary/aromatic N) is 2. The number of carbonyl (C=O) groups excluding carboxylic acids is 1. The second kappa shape index (κ2) is 5.79. The summed E-state index contributed by atoms with van der Waals surface area (Å²) < 4.78 is 5.37. The van der Waals surface area contributed by atoms with Crippen molar-refractivity contribution in [1.29, 1.82) is 0 Å². The molecule has 0 fully saturated rings. The maximum Gasteiger partial charge on any atom is 0.331 e. The molecule has 1 N–H and O–H groups in total. The first-order valence-corrected chi connectivity index (χ1v) is 5.71. The third kappa shape index (κ3) is 3.29. The van der Waals surface area contributed by atoms with Crippen molar-refractivity contribution < 1.29 is 14.5 Å². The predicted octanol–water partition coefficient (Wildman–Crippen LogP) is 2.74. The first kappa shape index (κ1) is 13.5. The Bertz CT molecular complexity index is 640. The Hall–Kier alpha value is -2.96. The molecular formula is C13H11N3O4. The van der Waals surface area contributed by atoms with Gasteiger partial charge in [-0.3, -0.25) is 14.9 Å². The molecule has 1 heterocycles. The van der Waals surface area contributed by atoms with Gasteiger partial charge in [0.25, 0.3) is 5.88 Å². The molecule has 0 aliphatic carbocycles. The third-order valence-corrected chi connectivity index (χ3v) is 2.34. The van der Waals surface area contributed by atoms with Crippen LogP contribution in [0.15, 0.2) is 42.6 Å². The second-order valence-electron chi connectivity index (χ2n) is 3.89. The molecule has 0 saturated heterocycles. The average Bonchev–Trinajstić information content (AvgIpc) is 2.41. The molecule has 7 heteroatoms. The lowest BCUT2D eigenvalue weighted by atomic mass is 10.3. The number of amides is 1. The van der Waals surface area contributed by atoms with Gasteiger partial charge in [-0.1, -0.05) is 0 Å². The quantitative estimate of drug-likeness (QED) is 0.682. The molecule has 0 aliphatic rings. The lowest BCUT2D eigenvalue weighted by Gasteiger charge is -2.06. The zero-order valence-electron chi connectivity index (χ0n) is 10.6. The van der Waals surface area contributed by atoms with Crippen LogP contribution >= 0.6 is 0 Å². The summed E-state index contributed by atoms with van der Waals surface area (Å²) in [5, 5.41) is 13.4. The summed E-state index contributed by atoms with van der Waals surface area (Å²) >= 11 is 0. The molecule has 0 spiro atoms. The number of rotatable bonds is 4. The number of aromatic nitrogens is 1. The maximum atomic E-state index is 10.9. The number of hydrogen-bond acceptors (Lipinski definition) is 5. The predicted molar refractivity (Wildman–Crippen MR) is 71.7 cm³/mol. The molecular weight excluding hydrogens is 262 g/mol. The lowest BCUT2D eigenvalue weighted by Crippen LogP contribution is -2.05. The molecule has 102 valence electrons. The number of nitrogens with one attached hydrogen (secondary N) is 1. The highest BCUT2D eigenvalue weighted by molar-refractivity contribution is 5.88. The molecule has 0 aliphatic heterocycles. The van der Waals surface area contributed by atoms with Crippen LogP contribution in [-0.2, 0) is 4.79 Å². The molecule has 0 bridgehead atoms. The van der Waals surface area contributed by atoms with Crippen LogP contribution in [0.1, 0.15) is 6.92 Å². The molecule has 2 aromatic rings. The van der Waals surface area contributed by atoms with E-state index >= 15 is 0 Å². The van der Waals surface area contributed by atoms with E-state index in [0.29, 0.717) is 11.4 Å². The monoisotopic (exact) mass is 273 g/mol. The molecule has 0 atom stereocenters. The minimum absolute atomic E-state index is 0.0789. The van der Waals surface area contributed by atoms with E-state index < -0.39 is 4.92 Å². The number of ether oxygens (including phenoxy) is 1. The Morgan fingerprint density at radius 1 is 1.30 bits per heavy atom. The zero-order valence-corrected chi connectivity index (χ0v) is 10.6. The molecule has 0 saturated carbocycles. The normalized spacial score (nSPS) is 9.85. The highest BCUT2D eigenvalue weighted by Crippen LogP contribution is 2.28. The third-order valence-electron chi connectivity index (χ3n) is 2.34. The highest BCUT2D eigenvalue weighted by Gasteiger charge is 2.16. The van der Waals surface area contributed by atoms with Crippen molar-refractivity contribution >= 4 is 17.3 Å². The van der Waals surface area contributed by atoms with E-state index in [1.165, 1.54) is 25.3 Å². The molecule has 1 aromatic carbocycles. The van der Waals surface area contributed by atoms with E-state index in [9.17, 15) is 14.9 Å². The minimum atomic E-state index is -0.561. The molecule has 1 aromatic heterocycles. The average molecular weight is 273 g/mol. The number of anilines is 1. The molecule has 20 heavy (non-hydrogen) atoms. The molecule has 1 amide bonds. The Morgan fingerprint density at radius 3 is 2.60 bits per heavy atom. The van der Waals surface area contributed by atoms with Gasteiger partial charge in [0.15, 0.2) is 0 Å². The van der Waals surface area contributed by atoms with Crippen LogP contribution in [0.4, 0.5) is 11.4 Å². The van der Waals surface area contributed by atoms with E-state index in [1.807, 2.05) is 0 Å². The molecule has 7 nitrogen and oxygen atoms in total. The molecule has 0 unspecified atom stereocenters. The SMILES string of the molecule is CC(=O)Nc1ccc(Oc2ncccc2[N+](=O)[O-])cc1. The van der Waals surface area contributed by atoms with Crippen LogP contribution in [-0.4, -0.2) is 15.8 Å².